The highest BCUT2D eigenvalue weighted by atomic mass is 35.5. The molecule has 7 heteroatoms. The Kier molecular flexibility index (Phi) is 5.52. The van der Waals surface area contributed by atoms with E-state index in [9.17, 15) is 18.0 Å². The van der Waals surface area contributed by atoms with Crippen molar-refractivity contribution in [1.82, 2.24) is 4.90 Å². The number of carbonyl (C=O) groups is 1. The SMILES string of the molecule is O=C(C1CCCCO1)N(CCCl)CC(F)(F)F. The monoisotopic (exact) mass is 273 g/mol. The number of hydrogen-bond acceptors (Lipinski definition) is 2. The molecule has 100 valence electrons. The van der Waals surface area contributed by atoms with Gasteiger partial charge in [-0.3, -0.25) is 4.79 Å². The Morgan fingerprint density at radius 3 is 2.59 bits per heavy atom. The van der Waals surface area contributed by atoms with Crippen LogP contribution < -0.4 is 0 Å². The number of ether oxygens (including phenoxy) is 1. The van der Waals surface area contributed by atoms with Gasteiger partial charge in [0.25, 0.3) is 5.91 Å². The molecule has 0 saturated carbocycles. The largest absolute Gasteiger partial charge is 0.406 e. The lowest BCUT2D eigenvalue weighted by molar-refractivity contribution is -0.169. The number of nitrogens with zero attached hydrogens (tertiary/aromatic N) is 1. The van der Waals surface area contributed by atoms with Gasteiger partial charge < -0.3 is 9.64 Å². The van der Waals surface area contributed by atoms with Crippen LogP contribution in [0.15, 0.2) is 0 Å². The highest BCUT2D eigenvalue weighted by molar-refractivity contribution is 6.18. The molecule has 1 heterocycles. The van der Waals surface area contributed by atoms with Crippen molar-refractivity contribution in [1.29, 1.82) is 0 Å². The molecule has 0 spiro atoms. The van der Waals surface area contributed by atoms with Crippen LogP contribution in [0.2, 0.25) is 0 Å². The van der Waals surface area contributed by atoms with Crippen LogP contribution in [0.1, 0.15) is 19.3 Å². The van der Waals surface area contributed by atoms with Crippen LogP contribution in [0.3, 0.4) is 0 Å². The highest BCUT2D eigenvalue weighted by Crippen LogP contribution is 2.20. The van der Waals surface area contributed by atoms with Gasteiger partial charge in [-0.05, 0) is 19.3 Å². The Morgan fingerprint density at radius 2 is 2.12 bits per heavy atom. The summed E-state index contributed by atoms with van der Waals surface area (Å²) in [5, 5.41) is 0. The third kappa shape index (κ3) is 5.12. The second kappa shape index (κ2) is 6.44. The maximum atomic E-state index is 12.3. The molecule has 0 aromatic carbocycles. The molecule has 1 saturated heterocycles. The number of carbonyl (C=O) groups excluding carboxylic acids is 1. The summed E-state index contributed by atoms with van der Waals surface area (Å²) >= 11 is 5.41. The van der Waals surface area contributed by atoms with Crippen molar-refractivity contribution in [3.8, 4) is 0 Å². The predicted octanol–water partition coefficient (Wildman–Crippen LogP) is 2.19. The normalized spacial score (nSPS) is 21.3. The average Bonchev–Trinajstić information content (AvgIpc) is 2.27. The summed E-state index contributed by atoms with van der Waals surface area (Å²) in [6.07, 6.45) is -3.02. The van der Waals surface area contributed by atoms with Gasteiger partial charge in [-0.15, -0.1) is 11.6 Å². The molecule has 1 aliphatic heterocycles. The summed E-state index contributed by atoms with van der Waals surface area (Å²) in [6, 6.07) is 0. The van der Waals surface area contributed by atoms with Gasteiger partial charge in [-0.2, -0.15) is 13.2 Å². The van der Waals surface area contributed by atoms with Crippen LogP contribution in [-0.4, -0.2) is 48.7 Å². The molecule has 1 atom stereocenters. The van der Waals surface area contributed by atoms with Crippen molar-refractivity contribution in [2.75, 3.05) is 25.6 Å². The average molecular weight is 274 g/mol. The summed E-state index contributed by atoms with van der Waals surface area (Å²) in [4.78, 5) is 12.5. The zero-order valence-corrected chi connectivity index (χ0v) is 10.1. The van der Waals surface area contributed by atoms with Gasteiger partial charge in [-0.1, -0.05) is 0 Å². The zero-order chi connectivity index (χ0) is 12.9. The van der Waals surface area contributed by atoms with E-state index >= 15 is 0 Å². The van der Waals surface area contributed by atoms with Gasteiger partial charge in [0.15, 0.2) is 0 Å². The molecule has 1 aliphatic rings. The summed E-state index contributed by atoms with van der Waals surface area (Å²) in [5.41, 5.74) is 0. The van der Waals surface area contributed by atoms with Gasteiger partial charge in [0, 0.05) is 19.0 Å². The molecular weight excluding hydrogens is 259 g/mol. The lowest BCUT2D eigenvalue weighted by Gasteiger charge is -2.29. The van der Waals surface area contributed by atoms with Crippen LogP contribution >= 0.6 is 11.6 Å². The maximum Gasteiger partial charge on any atom is 0.406 e. The van der Waals surface area contributed by atoms with E-state index in [1.807, 2.05) is 0 Å². The summed E-state index contributed by atoms with van der Waals surface area (Å²) in [6.45, 7) is -0.949. The smallest absolute Gasteiger partial charge is 0.368 e. The topological polar surface area (TPSA) is 29.5 Å². The Hall–Kier alpha value is -0.490. The summed E-state index contributed by atoms with van der Waals surface area (Å²) in [5.74, 6) is -0.628. The molecule has 0 aliphatic carbocycles. The minimum Gasteiger partial charge on any atom is -0.368 e. The number of rotatable bonds is 4. The predicted molar refractivity (Wildman–Crippen MR) is 56.9 cm³/mol. The molecule has 0 bridgehead atoms. The van der Waals surface area contributed by atoms with Crippen LogP contribution in [0, 0.1) is 0 Å². The lowest BCUT2D eigenvalue weighted by atomic mass is 10.1. The molecule has 1 amide bonds. The van der Waals surface area contributed by atoms with E-state index in [1.54, 1.807) is 0 Å². The van der Waals surface area contributed by atoms with E-state index in [0.29, 0.717) is 13.0 Å². The van der Waals surface area contributed by atoms with E-state index in [-0.39, 0.29) is 12.4 Å². The number of alkyl halides is 4. The summed E-state index contributed by atoms with van der Waals surface area (Å²) in [7, 11) is 0. The van der Waals surface area contributed by atoms with Crippen molar-refractivity contribution in [2.24, 2.45) is 0 Å². The summed E-state index contributed by atoms with van der Waals surface area (Å²) < 4.78 is 42.0. The Bertz CT molecular complexity index is 254. The van der Waals surface area contributed by atoms with E-state index in [0.717, 1.165) is 17.7 Å². The fourth-order valence-electron chi connectivity index (χ4n) is 1.72. The molecule has 1 unspecified atom stereocenters. The van der Waals surface area contributed by atoms with Crippen molar-refractivity contribution in [2.45, 2.75) is 31.5 Å². The second-order valence-corrected chi connectivity index (χ2v) is 4.30. The standard InChI is InChI=1S/C10H15ClF3NO2/c11-4-5-15(7-10(12,13)14)9(16)8-3-1-2-6-17-8/h8H,1-7H2. The van der Waals surface area contributed by atoms with Crippen LogP contribution in [0.25, 0.3) is 0 Å². The second-order valence-electron chi connectivity index (χ2n) is 3.92. The molecule has 0 radical (unpaired) electrons. The fraction of sp³-hybridized carbons (Fsp3) is 0.900. The molecule has 1 rings (SSSR count). The van der Waals surface area contributed by atoms with Gasteiger partial charge >= 0.3 is 6.18 Å². The Morgan fingerprint density at radius 1 is 1.41 bits per heavy atom. The molecule has 17 heavy (non-hydrogen) atoms. The van der Waals surface area contributed by atoms with Gasteiger partial charge in [0.1, 0.15) is 12.6 Å². The number of amides is 1. The molecule has 3 nitrogen and oxygen atoms in total. The van der Waals surface area contributed by atoms with E-state index in [2.05, 4.69) is 0 Å². The molecule has 0 N–H and O–H groups in total. The number of halogens is 4. The van der Waals surface area contributed by atoms with Crippen LogP contribution in [-0.2, 0) is 9.53 Å². The minimum absolute atomic E-state index is 0.0193. The van der Waals surface area contributed by atoms with Crippen molar-refractivity contribution >= 4 is 17.5 Å². The Labute approximate surface area is 103 Å². The first-order chi connectivity index (χ1) is 7.94. The highest BCUT2D eigenvalue weighted by Gasteiger charge is 2.35. The first-order valence-corrected chi connectivity index (χ1v) is 6.00. The first-order valence-electron chi connectivity index (χ1n) is 5.47. The fourth-order valence-corrected chi connectivity index (χ4v) is 1.93. The quantitative estimate of drug-likeness (QED) is 0.735. The molecular formula is C10H15ClF3NO2. The molecule has 0 aromatic rings. The minimum atomic E-state index is -4.41. The van der Waals surface area contributed by atoms with Gasteiger partial charge in [-0.25, -0.2) is 0 Å². The van der Waals surface area contributed by atoms with Gasteiger partial charge in [0.2, 0.25) is 0 Å². The van der Waals surface area contributed by atoms with Gasteiger partial charge in [0.05, 0.1) is 0 Å². The third-order valence-corrected chi connectivity index (χ3v) is 2.66. The van der Waals surface area contributed by atoms with E-state index in [1.165, 1.54) is 0 Å². The van der Waals surface area contributed by atoms with Crippen molar-refractivity contribution in [3.05, 3.63) is 0 Å². The first kappa shape index (κ1) is 14.6. The Balaban J connectivity index is 2.58. The van der Waals surface area contributed by atoms with Crippen LogP contribution in [0.4, 0.5) is 13.2 Å². The van der Waals surface area contributed by atoms with E-state index in [4.69, 9.17) is 16.3 Å². The number of hydrogen-bond donors (Lipinski definition) is 0. The van der Waals surface area contributed by atoms with Crippen LogP contribution in [0.5, 0.6) is 0 Å². The van der Waals surface area contributed by atoms with Crippen molar-refractivity contribution < 1.29 is 22.7 Å². The maximum absolute atomic E-state index is 12.3. The zero-order valence-electron chi connectivity index (χ0n) is 9.30. The van der Waals surface area contributed by atoms with E-state index < -0.39 is 24.7 Å². The van der Waals surface area contributed by atoms with Crippen molar-refractivity contribution in [3.63, 3.8) is 0 Å². The molecule has 0 aromatic heterocycles. The molecule has 1 fully saturated rings. The third-order valence-electron chi connectivity index (χ3n) is 2.49. The lowest BCUT2D eigenvalue weighted by Crippen LogP contribution is -2.46.